The molecule has 2 aliphatic rings. The summed E-state index contributed by atoms with van der Waals surface area (Å²) in [6.45, 7) is 3.47. The van der Waals surface area contributed by atoms with Gasteiger partial charge in [0, 0.05) is 24.6 Å². The van der Waals surface area contributed by atoms with E-state index in [1.54, 1.807) is 0 Å². The molecule has 2 aliphatic heterocycles. The highest BCUT2D eigenvalue weighted by Gasteiger charge is 2.38. The molecule has 20 heavy (non-hydrogen) atoms. The molecule has 3 rings (SSSR count). The molecule has 0 saturated carbocycles. The van der Waals surface area contributed by atoms with Crippen molar-refractivity contribution >= 4 is 17.5 Å². The van der Waals surface area contributed by atoms with Crippen LogP contribution in [0.4, 0.5) is 4.39 Å². The van der Waals surface area contributed by atoms with Gasteiger partial charge in [-0.05, 0) is 38.0 Å². The number of halogens is 2. The van der Waals surface area contributed by atoms with Gasteiger partial charge in [-0.25, -0.2) is 4.39 Å². The SMILES string of the molecule is C[C@@H]1C[C@@H]2CN(C(=O)c3ccc(F)c(Cl)c3)CC[C@@H]2O1. The maximum Gasteiger partial charge on any atom is 0.253 e. The van der Waals surface area contributed by atoms with Crippen LogP contribution in [0.5, 0.6) is 0 Å². The third-order valence-electron chi connectivity index (χ3n) is 4.16. The molecule has 0 N–H and O–H groups in total. The Morgan fingerprint density at radius 3 is 3.05 bits per heavy atom. The van der Waals surface area contributed by atoms with Gasteiger partial charge in [-0.15, -0.1) is 0 Å². The number of rotatable bonds is 1. The highest BCUT2D eigenvalue weighted by Crippen LogP contribution is 2.33. The first-order chi connectivity index (χ1) is 9.54. The maximum atomic E-state index is 13.2. The zero-order chi connectivity index (χ0) is 14.3. The van der Waals surface area contributed by atoms with E-state index in [0.29, 0.717) is 24.6 Å². The van der Waals surface area contributed by atoms with Gasteiger partial charge in [-0.2, -0.15) is 0 Å². The van der Waals surface area contributed by atoms with Crippen LogP contribution in [0.2, 0.25) is 5.02 Å². The largest absolute Gasteiger partial charge is 0.375 e. The first kappa shape index (κ1) is 13.8. The smallest absolute Gasteiger partial charge is 0.253 e. The fourth-order valence-electron chi connectivity index (χ4n) is 3.19. The number of nitrogens with zero attached hydrogens (tertiary/aromatic N) is 1. The Hall–Kier alpha value is -1.13. The van der Waals surface area contributed by atoms with Gasteiger partial charge in [0.25, 0.3) is 5.91 Å². The molecule has 2 heterocycles. The van der Waals surface area contributed by atoms with Gasteiger partial charge in [-0.3, -0.25) is 4.79 Å². The Morgan fingerprint density at radius 1 is 1.50 bits per heavy atom. The van der Waals surface area contributed by atoms with E-state index in [4.69, 9.17) is 16.3 Å². The number of carbonyl (C=O) groups is 1. The number of fused-ring (bicyclic) bond motifs is 1. The molecule has 0 aliphatic carbocycles. The summed E-state index contributed by atoms with van der Waals surface area (Å²) >= 11 is 5.74. The molecule has 5 heteroatoms. The highest BCUT2D eigenvalue weighted by atomic mass is 35.5. The number of amides is 1. The Morgan fingerprint density at radius 2 is 2.30 bits per heavy atom. The second-order valence-electron chi connectivity index (χ2n) is 5.65. The molecule has 2 fully saturated rings. The van der Waals surface area contributed by atoms with Gasteiger partial charge in [0.05, 0.1) is 17.2 Å². The molecule has 1 aromatic carbocycles. The number of hydrogen-bond acceptors (Lipinski definition) is 2. The summed E-state index contributed by atoms with van der Waals surface area (Å²) in [6.07, 6.45) is 2.43. The average molecular weight is 298 g/mol. The summed E-state index contributed by atoms with van der Waals surface area (Å²) in [5.41, 5.74) is 0.446. The van der Waals surface area contributed by atoms with Crippen molar-refractivity contribution in [2.45, 2.75) is 32.0 Å². The van der Waals surface area contributed by atoms with E-state index in [1.807, 2.05) is 4.90 Å². The summed E-state index contributed by atoms with van der Waals surface area (Å²) in [6, 6.07) is 4.13. The van der Waals surface area contributed by atoms with Crippen LogP contribution in [0.1, 0.15) is 30.1 Å². The van der Waals surface area contributed by atoms with E-state index in [1.165, 1.54) is 18.2 Å². The molecule has 3 atom stereocenters. The van der Waals surface area contributed by atoms with Gasteiger partial charge < -0.3 is 9.64 Å². The molecule has 108 valence electrons. The zero-order valence-electron chi connectivity index (χ0n) is 11.3. The second kappa shape index (κ2) is 5.34. The lowest BCUT2D eigenvalue weighted by Crippen LogP contribution is -2.44. The van der Waals surface area contributed by atoms with Crippen LogP contribution < -0.4 is 0 Å². The lowest BCUT2D eigenvalue weighted by atomic mass is 9.92. The number of piperidine rings is 1. The van der Waals surface area contributed by atoms with Crippen molar-refractivity contribution in [1.29, 1.82) is 0 Å². The van der Waals surface area contributed by atoms with E-state index in [2.05, 4.69) is 6.92 Å². The molecule has 0 spiro atoms. The predicted octanol–water partition coefficient (Wildman–Crippen LogP) is 3.12. The number of likely N-dealkylation sites (tertiary alicyclic amines) is 1. The van der Waals surface area contributed by atoms with Crippen LogP contribution in [-0.4, -0.2) is 36.1 Å². The molecular formula is C15H17ClFNO2. The zero-order valence-corrected chi connectivity index (χ0v) is 12.1. The number of carbonyl (C=O) groups excluding carboxylic acids is 1. The number of hydrogen-bond donors (Lipinski definition) is 0. The molecule has 1 amide bonds. The Bertz CT molecular complexity index is 537. The topological polar surface area (TPSA) is 29.5 Å². The molecule has 0 aromatic heterocycles. The lowest BCUT2D eigenvalue weighted by Gasteiger charge is -2.34. The van der Waals surface area contributed by atoms with Crippen molar-refractivity contribution < 1.29 is 13.9 Å². The lowest BCUT2D eigenvalue weighted by molar-refractivity contribution is 0.00865. The van der Waals surface area contributed by atoms with Gasteiger partial charge in [0.15, 0.2) is 0 Å². The molecule has 0 bridgehead atoms. The van der Waals surface area contributed by atoms with Gasteiger partial charge in [0.2, 0.25) is 0 Å². The fraction of sp³-hybridized carbons (Fsp3) is 0.533. The summed E-state index contributed by atoms with van der Waals surface area (Å²) < 4.78 is 19.0. The third-order valence-corrected chi connectivity index (χ3v) is 4.45. The van der Waals surface area contributed by atoms with Gasteiger partial charge >= 0.3 is 0 Å². The minimum Gasteiger partial charge on any atom is -0.375 e. The van der Waals surface area contributed by atoms with Crippen LogP contribution in [0, 0.1) is 11.7 Å². The van der Waals surface area contributed by atoms with Crippen LogP contribution in [0.3, 0.4) is 0 Å². The third kappa shape index (κ3) is 2.54. The first-order valence-electron chi connectivity index (χ1n) is 6.94. The van der Waals surface area contributed by atoms with Crippen molar-refractivity contribution in [1.82, 2.24) is 4.90 Å². The van der Waals surface area contributed by atoms with E-state index in [0.717, 1.165) is 12.8 Å². The van der Waals surface area contributed by atoms with E-state index < -0.39 is 5.82 Å². The summed E-state index contributed by atoms with van der Waals surface area (Å²) in [5, 5.41) is -0.0106. The second-order valence-corrected chi connectivity index (χ2v) is 6.06. The Labute approximate surface area is 122 Å². The van der Waals surface area contributed by atoms with Crippen LogP contribution in [0.15, 0.2) is 18.2 Å². The highest BCUT2D eigenvalue weighted by molar-refractivity contribution is 6.31. The molecule has 0 unspecified atom stereocenters. The normalized spacial score (nSPS) is 29.4. The Kier molecular flexibility index (Phi) is 3.69. The molecule has 1 aromatic rings. The van der Waals surface area contributed by atoms with Crippen molar-refractivity contribution in [3.05, 3.63) is 34.6 Å². The van der Waals surface area contributed by atoms with Gasteiger partial charge in [-0.1, -0.05) is 11.6 Å². The number of ether oxygens (including phenoxy) is 1. The van der Waals surface area contributed by atoms with E-state index >= 15 is 0 Å². The minimum absolute atomic E-state index is 0.0106. The van der Waals surface area contributed by atoms with Gasteiger partial charge in [0.1, 0.15) is 5.82 Å². The monoisotopic (exact) mass is 297 g/mol. The van der Waals surface area contributed by atoms with E-state index in [9.17, 15) is 9.18 Å². The summed E-state index contributed by atoms with van der Waals surface area (Å²) in [4.78, 5) is 14.3. The standard InChI is InChI=1S/C15H17ClFNO2/c1-9-6-11-8-18(5-4-14(11)20-9)15(19)10-2-3-13(17)12(16)7-10/h2-3,7,9,11,14H,4-6,8H2,1H3/t9-,11-,14+/m1/s1. The van der Waals surface area contributed by atoms with Crippen molar-refractivity contribution in [2.24, 2.45) is 5.92 Å². The van der Waals surface area contributed by atoms with Crippen molar-refractivity contribution in [3.8, 4) is 0 Å². The summed E-state index contributed by atoms with van der Waals surface area (Å²) in [7, 11) is 0. The van der Waals surface area contributed by atoms with Crippen LogP contribution in [-0.2, 0) is 4.74 Å². The number of benzene rings is 1. The fourth-order valence-corrected chi connectivity index (χ4v) is 3.37. The Balaban J connectivity index is 1.73. The summed E-state index contributed by atoms with van der Waals surface area (Å²) in [5.74, 6) is -0.163. The molecule has 3 nitrogen and oxygen atoms in total. The predicted molar refractivity (Wildman–Crippen MR) is 74.4 cm³/mol. The molecule has 0 radical (unpaired) electrons. The quantitative estimate of drug-likeness (QED) is 0.797. The average Bonchev–Trinajstić information content (AvgIpc) is 2.80. The molecular weight excluding hydrogens is 281 g/mol. The van der Waals surface area contributed by atoms with Crippen molar-refractivity contribution in [2.75, 3.05) is 13.1 Å². The molecule has 2 saturated heterocycles. The van der Waals surface area contributed by atoms with Crippen molar-refractivity contribution in [3.63, 3.8) is 0 Å². The van der Waals surface area contributed by atoms with Crippen LogP contribution in [0.25, 0.3) is 0 Å². The van der Waals surface area contributed by atoms with E-state index in [-0.39, 0.29) is 23.1 Å². The minimum atomic E-state index is -0.500. The maximum absolute atomic E-state index is 13.2. The van der Waals surface area contributed by atoms with Crippen LogP contribution >= 0.6 is 11.6 Å². The first-order valence-corrected chi connectivity index (χ1v) is 7.32.